The lowest BCUT2D eigenvalue weighted by Gasteiger charge is -2.30. The molecule has 1 spiro atoms. The number of rotatable bonds is 4. The van der Waals surface area contributed by atoms with Crippen molar-refractivity contribution < 1.29 is 0 Å². The van der Waals surface area contributed by atoms with Gasteiger partial charge < -0.3 is 4.57 Å². The summed E-state index contributed by atoms with van der Waals surface area (Å²) in [5, 5.41) is 11.9. The van der Waals surface area contributed by atoms with Crippen LogP contribution >= 0.6 is 0 Å². The van der Waals surface area contributed by atoms with E-state index >= 15 is 0 Å². The number of nitrogens with zero attached hydrogens (tertiary/aromatic N) is 4. The smallest absolute Gasteiger partial charge is 0.160 e. The van der Waals surface area contributed by atoms with Crippen LogP contribution in [-0.2, 0) is 5.41 Å². The molecular formula is C54H32N4. The first kappa shape index (κ1) is 32.4. The van der Waals surface area contributed by atoms with Gasteiger partial charge in [0, 0.05) is 38.7 Å². The van der Waals surface area contributed by atoms with Crippen molar-refractivity contribution in [3.8, 4) is 67.9 Å². The number of benzene rings is 8. The molecule has 4 heteroatoms. The Morgan fingerprint density at radius 1 is 0.448 bits per heavy atom. The fraction of sp³-hybridized carbons (Fsp3) is 0.0185. The third-order valence-corrected chi connectivity index (χ3v) is 12.3. The highest BCUT2D eigenvalue weighted by Crippen LogP contribution is 2.64. The summed E-state index contributed by atoms with van der Waals surface area (Å²) in [6, 6.07) is 71.3. The van der Waals surface area contributed by atoms with E-state index in [1.165, 1.54) is 60.8 Å². The first-order valence-corrected chi connectivity index (χ1v) is 19.6. The van der Waals surface area contributed by atoms with Crippen LogP contribution < -0.4 is 0 Å². The molecule has 0 saturated heterocycles. The maximum Gasteiger partial charge on any atom is 0.160 e. The second-order valence-electron chi connectivity index (χ2n) is 15.2. The Bertz CT molecular complexity index is 3300. The molecule has 0 unspecified atom stereocenters. The Labute approximate surface area is 335 Å². The molecule has 4 nitrogen and oxygen atoms in total. The third kappa shape index (κ3) is 4.44. The van der Waals surface area contributed by atoms with E-state index in [2.05, 4.69) is 162 Å². The number of aromatic nitrogens is 3. The molecule has 12 rings (SSSR count). The monoisotopic (exact) mass is 736 g/mol. The van der Waals surface area contributed by atoms with Gasteiger partial charge >= 0.3 is 0 Å². The summed E-state index contributed by atoms with van der Waals surface area (Å²) in [6.07, 6.45) is 0. The van der Waals surface area contributed by atoms with Crippen molar-refractivity contribution in [3.05, 3.63) is 222 Å². The fourth-order valence-corrected chi connectivity index (χ4v) is 9.88. The Hall–Kier alpha value is -7.87. The Morgan fingerprint density at radius 2 is 1.05 bits per heavy atom. The van der Waals surface area contributed by atoms with E-state index in [1.54, 1.807) is 0 Å². The minimum Gasteiger partial charge on any atom is -0.309 e. The van der Waals surface area contributed by atoms with Gasteiger partial charge in [0.15, 0.2) is 5.82 Å². The van der Waals surface area contributed by atoms with Crippen molar-refractivity contribution in [3.63, 3.8) is 0 Å². The molecular weight excluding hydrogens is 705 g/mol. The van der Waals surface area contributed by atoms with Crippen LogP contribution in [0.15, 0.2) is 194 Å². The van der Waals surface area contributed by atoms with E-state index in [-0.39, 0.29) is 0 Å². The molecule has 8 aromatic carbocycles. The molecule has 0 saturated carbocycles. The van der Waals surface area contributed by atoms with Gasteiger partial charge in [0.2, 0.25) is 0 Å². The first-order valence-electron chi connectivity index (χ1n) is 19.6. The molecule has 0 N–H and O–H groups in total. The zero-order valence-corrected chi connectivity index (χ0v) is 31.3. The zero-order chi connectivity index (χ0) is 38.4. The van der Waals surface area contributed by atoms with Crippen LogP contribution in [0, 0.1) is 11.3 Å². The zero-order valence-electron chi connectivity index (χ0n) is 31.3. The van der Waals surface area contributed by atoms with Crippen LogP contribution in [-0.4, -0.2) is 14.5 Å². The molecule has 0 aliphatic heterocycles. The highest BCUT2D eigenvalue weighted by molar-refractivity contribution is 6.16. The van der Waals surface area contributed by atoms with Gasteiger partial charge in [-0.2, -0.15) is 5.26 Å². The maximum atomic E-state index is 9.47. The number of fused-ring (bicyclic) bond motifs is 14. The van der Waals surface area contributed by atoms with Gasteiger partial charge in [-0.1, -0.05) is 146 Å². The standard InChI is InChI=1S/C54H32N4/c55-33-34-25-27-36(28-26-34)53-56-48(35-13-2-1-3-14-35)32-49(57-53)37-15-12-16-38(31-37)58-50-24-11-7-19-41(50)42-29-30-47-51(52(42)58)43-20-6-10-23-46(43)54(47)44-21-8-4-17-39(44)40-18-5-9-22-45(40)54/h1-32H. The molecule has 2 aliphatic carbocycles. The van der Waals surface area contributed by atoms with E-state index < -0.39 is 5.41 Å². The predicted molar refractivity (Wildman–Crippen MR) is 234 cm³/mol. The SMILES string of the molecule is N#Cc1ccc(-c2nc(-c3ccccc3)cc(-c3cccc(-n4c5ccccc5c5ccc6c(c54)-c4ccccc4C64c5ccccc5-c5ccccc54)c3)n2)cc1. The van der Waals surface area contributed by atoms with E-state index in [9.17, 15) is 5.26 Å². The second-order valence-corrected chi connectivity index (χ2v) is 15.2. The van der Waals surface area contributed by atoms with Gasteiger partial charge in [-0.15, -0.1) is 0 Å². The van der Waals surface area contributed by atoms with Crippen molar-refractivity contribution in [2.45, 2.75) is 5.41 Å². The van der Waals surface area contributed by atoms with Gasteiger partial charge in [-0.25, -0.2) is 9.97 Å². The minimum atomic E-state index is -0.437. The number of hydrogen-bond donors (Lipinski definition) is 0. The van der Waals surface area contributed by atoms with Gasteiger partial charge in [-0.05, 0) is 87.5 Å². The third-order valence-electron chi connectivity index (χ3n) is 12.3. The van der Waals surface area contributed by atoms with Crippen molar-refractivity contribution in [1.29, 1.82) is 5.26 Å². The minimum absolute atomic E-state index is 0.437. The number of hydrogen-bond acceptors (Lipinski definition) is 3. The maximum absolute atomic E-state index is 9.47. The topological polar surface area (TPSA) is 54.5 Å². The van der Waals surface area contributed by atoms with Gasteiger partial charge in [0.25, 0.3) is 0 Å². The average Bonchev–Trinajstić information content (AvgIpc) is 3.91. The van der Waals surface area contributed by atoms with Crippen molar-refractivity contribution in [2.24, 2.45) is 0 Å². The molecule has 2 aliphatic rings. The van der Waals surface area contributed by atoms with Crippen molar-refractivity contribution >= 4 is 21.8 Å². The van der Waals surface area contributed by atoms with Crippen LogP contribution in [0.2, 0.25) is 0 Å². The molecule has 0 amide bonds. The Balaban J connectivity index is 1.13. The largest absolute Gasteiger partial charge is 0.309 e. The van der Waals surface area contributed by atoms with E-state index in [0.717, 1.165) is 39.3 Å². The van der Waals surface area contributed by atoms with E-state index in [1.807, 2.05) is 42.5 Å². The Morgan fingerprint density at radius 3 is 1.78 bits per heavy atom. The lowest BCUT2D eigenvalue weighted by Crippen LogP contribution is -2.25. The summed E-state index contributed by atoms with van der Waals surface area (Å²) in [5.41, 5.74) is 18.5. The molecule has 0 radical (unpaired) electrons. The Kier molecular flexibility index (Phi) is 6.88. The normalized spacial score (nSPS) is 12.9. The van der Waals surface area contributed by atoms with Crippen LogP contribution in [0.5, 0.6) is 0 Å². The van der Waals surface area contributed by atoms with E-state index in [0.29, 0.717) is 11.4 Å². The molecule has 0 fully saturated rings. The van der Waals surface area contributed by atoms with Gasteiger partial charge in [0.1, 0.15) is 0 Å². The molecule has 0 bridgehead atoms. The first-order chi connectivity index (χ1) is 28.7. The quantitative estimate of drug-likeness (QED) is 0.181. The summed E-state index contributed by atoms with van der Waals surface area (Å²) in [6.45, 7) is 0. The van der Waals surface area contributed by atoms with Crippen molar-refractivity contribution in [1.82, 2.24) is 14.5 Å². The molecule has 0 atom stereocenters. The summed E-state index contributed by atoms with van der Waals surface area (Å²) in [5.74, 6) is 0.611. The summed E-state index contributed by atoms with van der Waals surface area (Å²) >= 11 is 0. The average molecular weight is 737 g/mol. The molecule has 2 heterocycles. The van der Waals surface area contributed by atoms with E-state index in [4.69, 9.17) is 9.97 Å². The van der Waals surface area contributed by atoms with Crippen LogP contribution in [0.25, 0.3) is 83.6 Å². The lowest BCUT2D eigenvalue weighted by molar-refractivity contribution is 0.794. The molecule has 10 aromatic rings. The summed E-state index contributed by atoms with van der Waals surface area (Å²) in [7, 11) is 0. The molecule has 58 heavy (non-hydrogen) atoms. The summed E-state index contributed by atoms with van der Waals surface area (Å²) in [4.78, 5) is 10.2. The highest BCUT2D eigenvalue weighted by atomic mass is 15.0. The summed E-state index contributed by atoms with van der Waals surface area (Å²) < 4.78 is 2.47. The molecule has 268 valence electrons. The predicted octanol–water partition coefficient (Wildman–Crippen LogP) is 12.8. The number of nitriles is 1. The van der Waals surface area contributed by atoms with Crippen LogP contribution in [0.3, 0.4) is 0 Å². The molecule has 2 aromatic heterocycles. The fourth-order valence-electron chi connectivity index (χ4n) is 9.88. The van der Waals surface area contributed by atoms with Gasteiger partial charge in [-0.3, -0.25) is 0 Å². The van der Waals surface area contributed by atoms with Crippen LogP contribution in [0.1, 0.15) is 27.8 Å². The number of para-hydroxylation sites is 1. The second kappa shape index (κ2) is 12.3. The van der Waals surface area contributed by atoms with Gasteiger partial charge in [0.05, 0.1) is 39.5 Å². The lowest BCUT2D eigenvalue weighted by atomic mass is 9.70. The highest BCUT2D eigenvalue weighted by Gasteiger charge is 2.52. The van der Waals surface area contributed by atoms with Crippen molar-refractivity contribution in [2.75, 3.05) is 0 Å². The van der Waals surface area contributed by atoms with Crippen LogP contribution in [0.4, 0.5) is 0 Å².